The number of hydrogen-bond donors (Lipinski definition) is 0. The summed E-state index contributed by atoms with van der Waals surface area (Å²) in [5.41, 5.74) is 0. The summed E-state index contributed by atoms with van der Waals surface area (Å²) in [6.45, 7) is 4.80. The topological polar surface area (TPSA) is 0 Å². The lowest BCUT2D eigenvalue weighted by molar-refractivity contribution is 0.451. The summed E-state index contributed by atoms with van der Waals surface area (Å²) in [5, 5.41) is 0. The van der Waals surface area contributed by atoms with Gasteiger partial charge in [-0.15, -0.1) is 0 Å². The van der Waals surface area contributed by atoms with Gasteiger partial charge in [-0.1, -0.05) is 26.0 Å². The van der Waals surface area contributed by atoms with Crippen LogP contribution >= 0.6 is 0 Å². The normalized spacial score (nSPS) is 51.8. The van der Waals surface area contributed by atoms with E-state index in [1.165, 1.54) is 12.8 Å². The molecule has 0 aromatic rings. The third-order valence-corrected chi connectivity index (χ3v) is 3.32. The van der Waals surface area contributed by atoms with Gasteiger partial charge in [0.15, 0.2) is 0 Å². The Bertz CT molecular complexity index is 157. The molecule has 2 aliphatic rings. The second kappa shape index (κ2) is 2.11. The van der Waals surface area contributed by atoms with E-state index in [1.807, 2.05) is 0 Å². The molecule has 4 unspecified atom stereocenters. The molecule has 2 aliphatic carbocycles. The van der Waals surface area contributed by atoms with Gasteiger partial charge in [-0.05, 0) is 36.5 Å². The zero-order valence-corrected chi connectivity index (χ0v) is 6.88. The summed E-state index contributed by atoms with van der Waals surface area (Å²) in [7, 11) is 0. The summed E-state index contributed by atoms with van der Waals surface area (Å²) in [4.78, 5) is 0. The van der Waals surface area contributed by atoms with Crippen LogP contribution in [-0.2, 0) is 0 Å². The lowest BCUT2D eigenvalue weighted by atomic mass is 9.99. The number of fused-ring (bicyclic) bond motifs is 1. The standard InChI is InChI=1S/C10H16/c1-7-5-3-4-6-9-8(2)10(7)9/h4,6-10H,3,5H2,1-2H3. The fourth-order valence-corrected chi connectivity index (χ4v) is 2.53. The molecule has 0 nitrogen and oxygen atoms in total. The zero-order valence-electron chi connectivity index (χ0n) is 6.88. The van der Waals surface area contributed by atoms with Crippen molar-refractivity contribution in [2.45, 2.75) is 26.7 Å². The van der Waals surface area contributed by atoms with Crippen LogP contribution < -0.4 is 0 Å². The molecule has 56 valence electrons. The molecule has 1 fully saturated rings. The van der Waals surface area contributed by atoms with Crippen molar-refractivity contribution < 1.29 is 0 Å². The van der Waals surface area contributed by atoms with E-state index >= 15 is 0 Å². The Morgan fingerprint density at radius 2 is 2.10 bits per heavy atom. The van der Waals surface area contributed by atoms with Crippen LogP contribution in [-0.4, -0.2) is 0 Å². The molecule has 0 aromatic heterocycles. The predicted molar refractivity (Wildman–Crippen MR) is 43.7 cm³/mol. The Kier molecular flexibility index (Phi) is 1.36. The fraction of sp³-hybridized carbons (Fsp3) is 0.800. The highest BCUT2D eigenvalue weighted by molar-refractivity contribution is 5.10. The first kappa shape index (κ1) is 6.45. The first-order valence-corrected chi connectivity index (χ1v) is 4.47. The number of allylic oxidation sites excluding steroid dienone is 2. The van der Waals surface area contributed by atoms with Crippen molar-refractivity contribution in [2.75, 3.05) is 0 Å². The van der Waals surface area contributed by atoms with E-state index in [1.54, 1.807) is 0 Å². The van der Waals surface area contributed by atoms with Crippen molar-refractivity contribution >= 4 is 0 Å². The molecule has 0 saturated heterocycles. The van der Waals surface area contributed by atoms with Gasteiger partial charge in [-0.25, -0.2) is 0 Å². The molecule has 0 aromatic carbocycles. The third-order valence-electron chi connectivity index (χ3n) is 3.32. The van der Waals surface area contributed by atoms with E-state index < -0.39 is 0 Å². The van der Waals surface area contributed by atoms with Crippen molar-refractivity contribution in [3.63, 3.8) is 0 Å². The minimum atomic E-state index is 0.956. The minimum absolute atomic E-state index is 0.956. The Labute approximate surface area is 63.3 Å². The summed E-state index contributed by atoms with van der Waals surface area (Å²) < 4.78 is 0. The molecular formula is C10H16. The van der Waals surface area contributed by atoms with E-state index in [-0.39, 0.29) is 0 Å². The zero-order chi connectivity index (χ0) is 7.14. The largest absolute Gasteiger partial charge is 0.0882 e. The van der Waals surface area contributed by atoms with E-state index in [4.69, 9.17) is 0 Å². The van der Waals surface area contributed by atoms with Gasteiger partial charge in [0.2, 0.25) is 0 Å². The summed E-state index contributed by atoms with van der Waals surface area (Å²) >= 11 is 0. The van der Waals surface area contributed by atoms with Gasteiger partial charge in [-0.2, -0.15) is 0 Å². The van der Waals surface area contributed by atoms with Gasteiger partial charge < -0.3 is 0 Å². The van der Waals surface area contributed by atoms with Crippen molar-refractivity contribution in [1.82, 2.24) is 0 Å². The minimum Gasteiger partial charge on any atom is -0.0882 e. The molecule has 0 bridgehead atoms. The van der Waals surface area contributed by atoms with Crippen LogP contribution in [0.2, 0.25) is 0 Å². The lowest BCUT2D eigenvalue weighted by Crippen LogP contribution is -1.97. The van der Waals surface area contributed by atoms with Crippen molar-refractivity contribution in [3.05, 3.63) is 12.2 Å². The molecule has 0 aliphatic heterocycles. The Morgan fingerprint density at radius 3 is 2.90 bits per heavy atom. The van der Waals surface area contributed by atoms with Gasteiger partial charge in [0.25, 0.3) is 0 Å². The molecule has 1 saturated carbocycles. The van der Waals surface area contributed by atoms with Crippen LogP contribution in [0.5, 0.6) is 0 Å². The van der Waals surface area contributed by atoms with Gasteiger partial charge in [0.05, 0.1) is 0 Å². The first-order chi connectivity index (χ1) is 4.80. The van der Waals surface area contributed by atoms with E-state index in [0.29, 0.717) is 0 Å². The molecule has 0 heteroatoms. The number of hydrogen-bond acceptors (Lipinski definition) is 0. The summed E-state index contributed by atoms with van der Waals surface area (Å²) in [6, 6.07) is 0. The van der Waals surface area contributed by atoms with Crippen LogP contribution in [0.1, 0.15) is 26.7 Å². The smallest absolute Gasteiger partial charge is 0.0171 e. The molecular weight excluding hydrogens is 120 g/mol. The maximum atomic E-state index is 2.44. The quantitative estimate of drug-likeness (QED) is 0.449. The summed E-state index contributed by atoms with van der Waals surface area (Å²) in [6.07, 6.45) is 7.56. The molecule has 0 amide bonds. The van der Waals surface area contributed by atoms with Crippen LogP contribution in [0.4, 0.5) is 0 Å². The average molecular weight is 136 g/mol. The first-order valence-electron chi connectivity index (χ1n) is 4.47. The molecule has 10 heavy (non-hydrogen) atoms. The summed E-state index contributed by atoms with van der Waals surface area (Å²) in [5.74, 6) is 3.97. The molecule has 0 N–H and O–H groups in total. The van der Waals surface area contributed by atoms with Crippen LogP contribution in [0.3, 0.4) is 0 Å². The maximum absolute atomic E-state index is 2.44. The van der Waals surface area contributed by atoms with Gasteiger partial charge in [0, 0.05) is 0 Å². The molecule has 0 heterocycles. The van der Waals surface area contributed by atoms with Gasteiger partial charge in [-0.3, -0.25) is 0 Å². The molecule has 0 spiro atoms. The Morgan fingerprint density at radius 1 is 1.30 bits per heavy atom. The highest BCUT2D eigenvalue weighted by Crippen LogP contribution is 2.53. The van der Waals surface area contributed by atoms with Gasteiger partial charge in [0.1, 0.15) is 0 Å². The molecule has 0 radical (unpaired) electrons. The highest BCUT2D eigenvalue weighted by atomic mass is 14.5. The third kappa shape index (κ3) is 0.817. The monoisotopic (exact) mass is 136 g/mol. The Balaban J connectivity index is 2.10. The predicted octanol–water partition coefficient (Wildman–Crippen LogP) is 2.85. The maximum Gasteiger partial charge on any atom is -0.0171 e. The highest BCUT2D eigenvalue weighted by Gasteiger charge is 2.47. The second-order valence-corrected chi connectivity index (χ2v) is 4.00. The second-order valence-electron chi connectivity index (χ2n) is 4.00. The Hall–Kier alpha value is -0.260. The van der Waals surface area contributed by atoms with Crippen LogP contribution in [0.25, 0.3) is 0 Å². The van der Waals surface area contributed by atoms with Gasteiger partial charge >= 0.3 is 0 Å². The van der Waals surface area contributed by atoms with Crippen molar-refractivity contribution in [1.29, 1.82) is 0 Å². The van der Waals surface area contributed by atoms with E-state index in [9.17, 15) is 0 Å². The number of rotatable bonds is 0. The van der Waals surface area contributed by atoms with Crippen molar-refractivity contribution in [3.8, 4) is 0 Å². The lowest BCUT2D eigenvalue weighted by Gasteiger charge is -2.06. The van der Waals surface area contributed by atoms with E-state index in [2.05, 4.69) is 26.0 Å². The van der Waals surface area contributed by atoms with Crippen molar-refractivity contribution in [2.24, 2.45) is 23.7 Å². The average Bonchev–Trinajstić information content (AvgIpc) is 2.57. The van der Waals surface area contributed by atoms with Crippen LogP contribution in [0, 0.1) is 23.7 Å². The molecule has 4 atom stereocenters. The SMILES string of the molecule is CC1CCC=CC2C(C)C12. The molecule has 2 rings (SSSR count). The van der Waals surface area contributed by atoms with Crippen LogP contribution in [0.15, 0.2) is 12.2 Å². The fourth-order valence-electron chi connectivity index (χ4n) is 2.53. The van der Waals surface area contributed by atoms with E-state index in [0.717, 1.165) is 23.7 Å².